The van der Waals surface area contributed by atoms with E-state index in [1.165, 1.54) is 18.4 Å². The summed E-state index contributed by atoms with van der Waals surface area (Å²) < 4.78 is 43.5. The van der Waals surface area contributed by atoms with E-state index >= 15 is 0 Å². The number of nitrogens with zero attached hydrogens (tertiary/aromatic N) is 3. The van der Waals surface area contributed by atoms with Gasteiger partial charge in [-0.15, -0.1) is 11.3 Å². The van der Waals surface area contributed by atoms with Crippen molar-refractivity contribution in [2.24, 2.45) is 0 Å². The first-order valence-corrected chi connectivity index (χ1v) is 11.1. The van der Waals surface area contributed by atoms with Gasteiger partial charge in [-0.05, 0) is 53.9 Å². The SMILES string of the molecule is COC(=O)c1ccc(C(O)c2ncc(-c3cc(C)cc(Nc4nccc(C(F)(F)F)n4)c3)s2)cc1. The molecule has 2 aromatic carbocycles. The minimum Gasteiger partial charge on any atom is -0.465 e. The normalized spacial score (nSPS) is 12.3. The third-order valence-electron chi connectivity index (χ3n) is 4.97. The molecule has 0 amide bonds. The van der Waals surface area contributed by atoms with Gasteiger partial charge < -0.3 is 15.2 Å². The molecule has 0 fully saturated rings. The highest BCUT2D eigenvalue weighted by atomic mass is 32.1. The predicted molar refractivity (Wildman–Crippen MR) is 124 cm³/mol. The molecule has 4 rings (SSSR count). The molecule has 7 nitrogen and oxygen atoms in total. The Morgan fingerprint density at radius 1 is 1.11 bits per heavy atom. The van der Waals surface area contributed by atoms with Crippen LogP contribution in [0.15, 0.2) is 60.9 Å². The number of aryl methyl sites for hydroxylation is 1. The zero-order chi connectivity index (χ0) is 25.2. The number of benzene rings is 2. The first kappa shape index (κ1) is 24.3. The van der Waals surface area contributed by atoms with Crippen molar-refractivity contribution in [1.82, 2.24) is 15.0 Å². The smallest absolute Gasteiger partial charge is 0.433 e. The Morgan fingerprint density at radius 3 is 2.54 bits per heavy atom. The standard InChI is InChI=1S/C24H19F3N4O3S/c1-13-9-16(11-17(10-13)30-23-28-8-7-19(31-23)24(25,26)27)18-12-29-21(35-18)20(32)14-3-5-15(6-4-14)22(33)34-2/h3-12,20,32H,1-2H3,(H,28,30,31). The first-order valence-electron chi connectivity index (χ1n) is 10.3. The van der Waals surface area contributed by atoms with Crippen LogP contribution in [-0.4, -0.2) is 33.1 Å². The molecular weight excluding hydrogens is 481 g/mol. The number of aliphatic hydroxyl groups is 1. The molecule has 1 unspecified atom stereocenters. The number of anilines is 2. The predicted octanol–water partition coefficient (Wildman–Crippen LogP) is 5.54. The lowest BCUT2D eigenvalue weighted by atomic mass is 10.1. The number of rotatable bonds is 6. The number of halogens is 3. The highest BCUT2D eigenvalue weighted by molar-refractivity contribution is 7.15. The number of aliphatic hydroxyl groups excluding tert-OH is 1. The van der Waals surface area contributed by atoms with Crippen LogP contribution in [0.4, 0.5) is 24.8 Å². The van der Waals surface area contributed by atoms with Gasteiger partial charge in [0.1, 0.15) is 16.8 Å². The van der Waals surface area contributed by atoms with Gasteiger partial charge in [0.15, 0.2) is 0 Å². The van der Waals surface area contributed by atoms with E-state index < -0.39 is 23.9 Å². The molecule has 0 aliphatic heterocycles. The van der Waals surface area contributed by atoms with Crippen LogP contribution in [0.3, 0.4) is 0 Å². The first-order chi connectivity index (χ1) is 16.6. The second-order valence-electron chi connectivity index (χ2n) is 7.55. The van der Waals surface area contributed by atoms with Crippen LogP contribution in [0.25, 0.3) is 10.4 Å². The maximum Gasteiger partial charge on any atom is 0.433 e. The Balaban J connectivity index is 1.56. The van der Waals surface area contributed by atoms with Crippen LogP contribution in [0.1, 0.15) is 38.3 Å². The average molecular weight is 501 g/mol. The van der Waals surface area contributed by atoms with E-state index in [0.717, 1.165) is 28.3 Å². The Kier molecular flexibility index (Phi) is 6.81. The van der Waals surface area contributed by atoms with Crippen molar-refractivity contribution in [1.29, 1.82) is 0 Å². The summed E-state index contributed by atoms with van der Waals surface area (Å²) in [6.45, 7) is 1.85. The van der Waals surface area contributed by atoms with Crippen LogP contribution in [0, 0.1) is 6.92 Å². The number of thiazole rings is 1. The zero-order valence-corrected chi connectivity index (χ0v) is 19.3. The Labute approximate surface area is 202 Å². The van der Waals surface area contributed by atoms with E-state index in [0.29, 0.717) is 21.8 Å². The number of carbonyl (C=O) groups excluding carboxylic acids is 1. The molecule has 1 atom stereocenters. The van der Waals surface area contributed by atoms with Gasteiger partial charge in [0.2, 0.25) is 5.95 Å². The second kappa shape index (κ2) is 9.80. The lowest BCUT2D eigenvalue weighted by Gasteiger charge is -2.10. The molecule has 0 bridgehead atoms. The highest BCUT2D eigenvalue weighted by Gasteiger charge is 2.32. The summed E-state index contributed by atoms with van der Waals surface area (Å²) in [6.07, 6.45) is -2.91. The third-order valence-corrected chi connectivity index (χ3v) is 6.07. The number of nitrogens with one attached hydrogen (secondary N) is 1. The van der Waals surface area contributed by atoms with Gasteiger partial charge in [0.05, 0.1) is 17.6 Å². The number of esters is 1. The van der Waals surface area contributed by atoms with Gasteiger partial charge in [-0.3, -0.25) is 0 Å². The lowest BCUT2D eigenvalue weighted by Crippen LogP contribution is -2.10. The summed E-state index contributed by atoms with van der Waals surface area (Å²) in [7, 11) is 1.29. The van der Waals surface area contributed by atoms with Crippen molar-refractivity contribution < 1.29 is 27.8 Å². The largest absolute Gasteiger partial charge is 0.465 e. The van der Waals surface area contributed by atoms with E-state index in [1.807, 2.05) is 13.0 Å². The number of hydrogen-bond donors (Lipinski definition) is 2. The second-order valence-corrected chi connectivity index (χ2v) is 8.62. The van der Waals surface area contributed by atoms with Gasteiger partial charge in [0, 0.05) is 18.1 Å². The fraction of sp³-hybridized carbons (Fsp3) is 0.167. The summed E-state index contributed by atoms with van der Waals surface area (Å²) in [6, 6.07) is 12.6. The molecule has 2 N–H and O–H groups in total. The Morgan fingerprint density at radius 2 is 1.86 bits per heavy atom. The minimum absolute atomic E-state index is 0.174. The van der Waals surface area contributed by atoms with E-state index in [-0.39, 0.29) is 5.95 Å². The number of hydrogen-bond acceptors (Lipinski definition) is 8. The maximum absolute atomic E-state index is 13.0. The third kappa shape index (κ3) is 5.64. The van der Waals surface area contributed by atoms with Gasteiger partial charge >= 0.3 is 12.1 Å². The molecule has 0 aliphatic rings. The number of methoxy groups -OCH3 is 1. The molecule has 180 valence electrons. The van der Waals surface area contributed by atoms with Crippen molar-refractivity contribution in [3.8, 4) is 10.4 Å². The van der Waals surface area contributed by atoms with Crippen molar-refractivity contribution in [3.05, 3.63) is 88.3 Å². The maximum atomic E-state index is 13.0. The number of alkyl halides is 3. The van der Waals surface area contributed by atoms with Crippen LogP contribution in [0.5, 0.6) is 0 Å². The molecule has 0 saturated heterocycles. The van der Waals surface area contributed by atoms with Gasteiger partial charge in [-0.2, -0.15) is 13.2 Å². The van der Waals surface area contributed by atoms with Crippen molar-refractivity contribution in [2.45, 2.75) is 19.2 Å². The van der Waals surface area contributed by atoms with E-state index in [2.05, 4.69) is 25.0 Å². The highest BCUT2D eigenvalue weighted by Crippen LogP contribution is 2.34. The fourth-order valence-electron chi connectivity index (χ4n) is 3.31. The topological polar surface area (TPSA) is 97.2 Å². The molecule has 0 radical (unpaired) electrons. The van der Waals surface area contributed by atoms with E-state index in [9.17, 15) is 23.1 Å². The summed E-state index contributed by atoms with van der Waals surface area (Å²) in [5, 5.41) is 14.0. The lowest BCUT2D eigenvalue weighted by molar-refractivity contribution is -0.141. The van der Waals surface area contributed by atoms with E-state index in [1.54, 1.807) is 42.6 Å². The van der Waals surface area contributed by atoms with Gasteiger partial charge in [0.25, 0.3) is 0 Å². The molecule has 4 aromatic rings. The average Bonchev–Trinajstić information content (AvgIpc) is 3.33. The molecule has 35 heavy (non-hydrogen) atoms. The number of carbonyl (C=O) groups is 1. The molecular formula is C24H19F3N4O3S. The Hall–Kier alpha value is -3.83. The van der Waals surface area contributed by atoms with E-state index in [4.69, 9.17) is 0 Å². The van der Waals surface area contributed by atoms with Crippen LogP contribution >= 0.6 is 11.3 Å². The minimum atomic E-state index is -4.57. The van der Waals surface area contributed by atoms with Gasteiger partial charge in [-0.1, -0.05) is 18.2 Å². The molecule has 0 saturated carbocycles. The molecule has 2 aromatic heterocycles. The van der Waals surface area contributed by atoms with Crippen molar-refractivity contribution in [2.75, 3.05) is 12.4 Å². The number of ether oxygens (including phenoxy) is 1. The zero-order valence-electron chi connectivity index (χ0n) is 18.5. The molecule has 11 heteroatoms. The van der Waals surface area contributed by atoms with Crippen LogP contribution < -0.4 is 5.32 Å². The fourth-order valence-corrected chi connectivity index (χ4v) is 4.23. The summed E-state index contributed by atoms with van der Waals surface area (Å²) in [5.41, 5.74) is 2.01. The summed E-state index contributed by atoms with van der Waals surface area (Å²) in [4.78, 5) is 24.1. The quantitative estimate of drug-likeness (QED) is 0.336. The van der Waals surface area contributed by atoms with Crippen LogP contribution in [-0.2, 0) is 10.9 Å². The summed E-state index contributed by atoms with van der Waals surface area (Å²) >= 11 is 1.27. The molecule has 0 spiro atoms. The summed E-state index contributed by atoms with van der Waals surface area (Å²) in [5.74, 6) is -0.644. The van der Waals surface area contributed by atoms with Crippen molar-refractivity contribution >= 4 is 28.9 Å². The molecule has 2 heterocycles. The molecule has 0 aliphatic carbocycles. The Bertz CT molecular complexity index is 1360. The monoisotopic (exact) mass is 500 g/mol. The number of aromatic nitrogens is 3. The van der Waals surface area contributed by atoms with Crippen molar-refractivity contribution in [3.63, 3.8) is 0 Å². The van der Waals surface area contributed by atoms with Crippen LogP contribution in [0.2, 0.25) is 0 Å². The van der Waals surface area contributed by atoms with Gasteiger partial charge in [-0.25, -0.2) is 19.7 Å².